The first-order valence-electron chi connectivity index (χ1n) is 10.7. The maximum atomic E-state index is 13.9. The van der Waals surface area contributed by atoms with Gasteiger partial charge < -0.3 is 23.8 Å². The van der Waals surface area contributed by atoms with Crippen molar-refractivity contribution in [2.45, 2.75) is 56.7 Å². The highest BCUT2D eigenvalue weighted by Gasteiger charge is 2.45. The lowest BCUT2D eigenvalue weighted by Crippen LogP contribution is -2.52. The Labute approximate surface area is 166 Å². The van der Waals surface area contributed by atoms with Crippen molar-refractivity contribution in [1.29, 1.82) is 0 Å². The topological polar surface area (TPSA) is 57.2 Å². The van der Waals surface area contributed by atoms with E-state index < -0.39 is 5.41 Å². The first kappa shape index (κ1) is 18.3. The maximum Gasteiger partial charge on any atom is 0.233 e. The van der Waals surface area contributed by atoms with E-state index in [1.54, 1.807) is 0 Å². The van der Waals surface area contributed by atoms with E-state index in [4.69, 9.17) is 18.9 Å². The van der Waals surface area contributed by atoms with Crippen molar-refractivity contribution < 1.29 is 23.7 Å². The van der Waals surface area contributed by atoms with Gasteiger partial charge in [0.25, 0.3) is 0 Å². The predicted molar refractivity (Wildman–Crippen MR) is 102 cm³/mol. The Morgan fingerprint density at radius 3 is 2.61 bits per heavy atom. The summed E-state index contributed by atoms with van der Waals surface area (Å²) in [5, 5.41) is 0. The van der Waals surface area contributed by atoms with E-state index >= 15 is 0 Å². The highest BCUT2D eigenvalue weighted by Crippen LogP contribution is 2.45. The lowest BCUT2D eigenvalue weighted by atomic mass is 9.68. The number of rotatable bonds is 3. The van der Waals surface area contributed by atoms with E-state index in [1.807, 2.05) is 12.1 Å². The number of nitrogens with zero attached hydrogens (tertiary/aromatic N) is 1. The van der Waals surface area contributed by atoms with E-state index in [0.29, 0.717) is 13.2 Å². The molecule has 0 bridgehead atoms. The molecule has 3 aliphatic heterocycles. The highest BCUT2D eigenvalue weighted by atomic mass is 16.7. The van der Waals surface area contributed by atoms with E-state index in [9.17, 15) is 4.79 Å². The fourth-order valence-electron chi connectivity index (χ4n) is 5.34. The van der Waals surface area contributed by atoms with Crippen molar-refractivity contribution >= 4 is 5.91 Å². The molecule has 4 aliphatic rings. The Bertz CT molecular complexity index is 724. The van der Waals surface area contributed by atoms with E-state index in [1.165, 1.54) is 6.42 Å². The molecular formula is C22H29NO5. The fourth-order valence-corrected chi connectivity index (χ4v) is 5.34. The summed E-state index contributed by atoms with van der Waals surface area (Å²) < 4.78 is 22.6. The SMILES string of the molecule is O=C(N1CCCC(C2OCCO2)C1)C1(c2ccc3c(c2)OCO3)CCCCC1. The minimum absolute atomic E-state index is 0.150. The Morgan fingerprint density at radius 2 is 1.79 bits per heavy atom. The minimum Gasteiger partial charge on any atom is -0.454 e. The Hall–Kier alpha value is -1.79. The van der Waals surface area contributed by atoms with E-state index in [0.717, 1.165) is 68.7 Å². The summed E-state index contributed by atoms with van der Waals surface area (Å²) in [6.45, 7) is 3.14. The molecule has 1 aromatic rings. The van der Waals surface area contributed by atoms with Crippen molar-refractivity contribution in [2.24, 2.45) is 5.92 Å². The second-order valence-electron chi connectivity index (χ2n) is 8.47. The van der Waals surface area contributed by atoms with Crippen LogP contribution in [0.3, 0.4) is 0 Å². The van der Waals surface area contributed by atoms with Crippen LogP contribution in [0.1, 0.15) is 50.5 Å². The summed E-state index contributed by atoms with van der Waals surface area (Å²) in [6.07, 6.45) is 7.11. The number of carbonyl (C=O) groups is 1. The summed E-state index contributed by atoms with van der Waals surface area (Å²) in [6, 6.07) is 6.07. The minimum atomic E-state index is -0.446. The molecule has 1 atom stereocenters. The van der Waals surface area contributed by atoms with Crippen LogP contribution in [-0.4, -0.2) is 50.2 Å². The average Bonchev–Trinajstić information content (AvgIpc) is 3.45. The smallest absolute Gasteiger partial charge is 0.233 e. The molecule has 1 aliphatic carbocycles. The third-order valence-electron chi connectivity index (χ3n) is 6.82. The van der Waals surface area contributed by atoms with Gasteiger partial charge in [-0.3, -0.25) is 4.79 Å². The Balaban J connectivity index is 1.42. The summed E-state index contributed by atoms with van der Waals surface area (Å²) in [4.78, 5) is 16.0. The molecule has 6 heteroatoms. The van der Waals surface area contributed by atoms with Gasteiger partial charge in [0.2, 0.25) is 12.7 Å². The second-order valence-corrected chi connectivity index (χ2v) is 8.47. The molecule has 3 heterocycles. The Kier molecular flexibility index (Phi) is 4.93. The monoisotopic (exact) mass is 387 g/mol. The molecule has 6 nitrogen and oxygen atoms in total. The third-order valence-corrected chi connectivity index (χ3v) is 6.82. The van der Waals surface area contributed by atoms with Crippen molar-refractivity contribution in [3.63, 3.8) is 0 Å². The normalized spacial score (nSPS) is 27.1. The highest BCUT2D eigenvalue weighted by molar-refractivity contribution is 5.89. The standard InChI is InChI=1S/C22H29NO5/c24-21(23-10-4-5-16(14-23)20-25-11-12-26-20)22(8-2-1-3-9-22)17-6-7-18-19(13-17)28-15-27-18/h6-7,13,16,20H,1-5,8-12,14-15H2. The van der Waals surface area contributed by atoms with Gasteiger partial charge in [0, 0.05) is 19.0 Å². The van der Waals surface area contributed by atoms with Crippen LogP contribution >= 0.6 is 0 Å². The van der Waals surface area contributed by atoms with Crippen LogP contribution in [0.4, 0.5) is 0 Å². The lowest BCUT2D eigenvalue weighted by Gasteiger charge is -2.43. The zero-order valence-corrected chi connectivity index (χ0v) is 16.4. The third kappa shape index (κ3) is 3.16. The number of fused-ring (bicyclic) bond motifs is 1. The van der Waals surface area contributed by atoms with Crippen molar-refractivity contribution in [3.8, 4) is 11.5 Å². The number of likely N-dealkylation sites (tertiary alicyclic amines) is 1. The van der Waals surface area contributed by atoms with Crippen LogP contribution < -0.4 is 9.47 Å². The molecule has 0 spiro atoms. The van der Waals surface area contributed by atoms with Crippen molar-refractivity contribution in [3.05, 3.63) is 23.8 Å². The second kappa shape index (κ2) is 7.56. The summed E-state index contributed by atoms with van der Waals surface area (Å²) in [5.74, 6) is 2.08. The van der Waals surface area contributed by atoms with Gasteiger partial charge in [-0.1, -0.05) is 25.3 Å². The molecule has 2 saturated heterocycles. The molecule has 28 heavy (non-hydrogen) atoms. The van der Waals surface area contributed by atoms with Gasteiger partial charge in [-0.2, -0.15) is 0 Å². The van der Waals surface area contributed by atoms with Crippen molar-refractivity contribution in [1.82, 2.24) is 4.90 Å². The molecule has 5 rings (SSSR count). The first-order valence-corrected chi connectivity index (χ1v) is 10.7. The number of hydrogen-bond donors (Lipinski definition) is 0. The number of benzene rings is 1. The van der Waals surface area contributed by atoms with Gasteiger partial charge in [-0.05, 0) is 43.4 Å². The number of carbonyl (C=O) groups excluding carboxylic acids is 1. The molecular weight excluding hydrogens is 358 g/mol. The van der Waals surface area contributed by atoms with Gasteiger partial charge >= 0.3 is 0 Å². The summed E-state index contributed by atoms with van der Waals surface area (Å²) in [7, 11) is 0. The molecule has 0 radical (unpaired) electrons. The zero-order valence-electron chi connectivity index (χ0n) is 16.4. The number of amides is 1. The molecule has 0 N–H and O–H groups in total. The first-order chi connectivity index (χ1) is 13.8. The Morgan fingerprint density at radius 1 is 1.00 bits per heavy atom. The predicted octanol–water partition coefficient (Wildman–Crippen LogP) is 3.23. The lowest BCUT2D eigenvalue weighted by molar-refractivity contribution is -0.146. The number of hydrogen-bond acceptors (Lipinski definition) is 5. The number of piperidine rings is 1. The van der Waals surface area contributed by atoms with Crippen LogP contribution in [0.15, 0.2) is 18.2 Å². The van der Waals surface area contributed by atoms with Crippen LogP contribution in [-0.2, 0) is 19.7 Å². The molecule has 152 valence electrons. The summed E-state index contributed by atoms with van der Waals surface area (Å²) in [5.41, 5.74) is 0.635. The van der Waals surface area contributed by atoms with Gasteiger partial charge in [-0.25, -0.2) is 0 Å². The average molecular weight is 387 g/mol. The molecule has 1 amide bonds. The molecule has 1 aromatic carbocycles. The zero-order chi connectivity index (χ0) is 19.0. The maximum absolute atomic E-state index is 13.9. The fraction of sp³-hybridized carbons (Fsp3) is 0.682. The van der Waals surface area contributed by atoms with Crippen LogP contribution in [0, 0.1) is 5.92 Å². The van der Waals surface area contributed by atoms with Crippen molar-refractivity contribution in [2.75, 3.05) is 33.1 Å². The summed E-state index contributed by atoms with van der Waals surface area (Å²) >= 11 is 0. The van der Waals surface area contributed by atoms with Crippen LogP contribution in [0.25, 0.3) is 0 Å². The van der Waals surface area contributed by atoms with E-state index in [-0.39, 0.29) is 24.9 Å². The van der Waals surface area contributed by atoms with Gasteiger partial charge in [0.05, 0.1) is 18.6 Å². The molecule has 3 fully saturated rings. The van der Waals surface area contributed by atoms with Gasteiger partial charge in [-0.15, -0.1) is 0 Å². The molecule has 0 aromatic heterocycles. The van der Waals surface area contributed by atoms with Gasteiger partial charge in [0.1, 0.15) is 0 Å². The van der Waals surface area contributed by atoms with E-state index in [2.05, 4.69) is 11.0 Å². The largest absolute Gasteiger partial charge is 0.454 e. The van der Waals surface area contributed by atoms with Gasteiger partial charge in [0.15, 0.2) is 17.8 Å². The van der Waals surface area contributed by atoms with Crippen LogP contribution in [0.5, 0.6) is 11.5 Å². The quantitative estimate of drug-likeness (QED) is 0.797. The molecule has 1 unspecified atom stereocenters. The van der Waals surface area contributed by atoms with Crippen LogP contribution in [0.2, 0.25) is 0 Å². The molecule has 1 saturated carbocycles. The number of ether oxygens (including phenoxy) is 4.